The summed E-state index contributed by atoms with van der Waals surface area (Å²) >= 11 is 5.86. The fourth-order valence-electron chi connectivity index (χ4n) is 2.77. The van der Waals surface area contributed by atoms with E-state index < -0.39 is 23.9 Å². The highest BCUT2D eigenvalue weighted by atomic mass is 35.5. The number of esters is 1. The summed E-state index contributed by atoms with van der Waals surface area (Å²) in [6.45, 7) is 2.90. The second kappa shape index (κ2) is 10.5. The first-order chi connectivity index (χ1) is 15.3. The molecule has 3 aromatic carbocycles. The number of hydrogen-bond acceptors (Lipinski definition) is 5. The molecule has 0 heterocycles. The SMILES string of the molecule is CC(=O)Oc1cccc(C(=O)Nc2ccccc2NC(=O)C(C)Oc2ccc(Cl)cc2)c1. The molecule has 0 aliphatic carbocycles. The van der Waals surface area contributed by atoms with Crippen molar-refractivity contribution < 1.29 is 23.9 Å². The lowest BCUT2D eigenvalue weighted by Gasteiger charge is -2.17. The van der Waals surface area contributed by atoms with Gasteiger partial charge < -0.3 is 20.1 Å². The molecule has 7 nitrogen and oxygen atoms in total. The van der Waals surface area contributed by atoms with Crippen LogP contribution >= 0.6 is 11.6 Å². The molecule has 2 amide bonds. The first-order valence-corrected chi connectivity index (χ1v) is 10.1. The summed E-state index contributed by atoms with van der Waals surface area (Å²) in [5, 5.41) is 6.09. The van der Waals surface area contributed by atoms with Crippen molar-refractivity contribution in [3.05, 3.63) is 83.4 Å². The number of para-hydroxylation sites is 2. The maximum atomic E-state index is 12.7. The second-order valence-electron chi connectivity index (χ2n) is 6.82. The van der Waals surface area contributed by atoms with Crippen molar-refractivity contribution in [3.8, 4) is 11.5 Å². The molecule has 3 rings (SSSR count). The number of hydrogen-bond donors (Lipinski definition) is 2. The van der Waals surface area contributed by atoms with E-state index in [9.17, 15) is 14.4 Å². The standard InChI is InChI=1S/C24H21ClN2O5/c1-15(31-19-12-10-18(25)11-13-19)23(29)26-21-8-3-4-9-22(21)27-24(30)17-6-5-7-20(14-17)32-16(2)28/h3-15H,1-2H3,(H,26,29)(H,27,30). The van der Waals surface area contributed by atoms with Crippen molar-refractivity contribution in [2.75, 3.05) is 10.6 Å². The molecule has 8 heteroatoms. The third-order valence-electron chi connectivity index (χ3n) is 4.29. The molecule has 0 aromatic heterocycles. The Hall–Kier alpha value is -3.84. The van der Waals surface area contributed by atoms with Crippen LogP contribution in [0.5, 0.6) is 11.5 Å². The molecule has 0 bridgehead atoms. The zero-order chi connectivity index (χ0) is 23.1. The van der Waals surface area contributed by atoms with Gasteiger partial charge in [-0.2, -0.15) is 0 Å². The van der Waals surface area contributed by atoms with E-state index in [2.05, 4.69) is 10.6 Å². The van der Waals surface area contributed by atoms with E-state index in [1.165, 1.54) is 13.0 Å². The van der Waals surface area contributed by atoms with Crippen molar-refractivity contribution in [2.45, 2.75) is 20.0 Å². The van der Waals surface area contributed by atoms with E-state index in [1.807, 2.05) is 0 Å². The van der Waals surface area contributed by atoms with Gasteiger partial charge in [0.15, 0.2) is 6.10 Å². The predicted octanol–water partition coefficient (Wildman–Crippen LogP) is 4.92. The Morgan fingerprint density at radius 3 is 2.16 bits per heavy atom. The van der Waals surface area contributed by atoms with Crippen LogP contribution in [0.2, 0.25) is 5.02 Å². The highest BCUT2D eigenvalue weighted by Crippen LogP contribution is 2.24. The molecular formula is C24H21ClN2O5. The molecule has 0 fully saturated rings. The van der Waals surface area contributed by atoms with Crippen molar-refractivity contribution in [1.29, 1.82) is 0 Å². The van der Waals surface area contributed by atoms with Crippen molar-refractivity contribution in [3.63, 3.8) is 0 Å². The van der Waals surface area contributed by atoms with Gasteiger partial charge in [-0.3, -0.25) is 14.4 Å². The Labute approximate surface area is 190 Å². The summed E-state index contributed by atoms with van der Waals surface area (Å²) in [4.78, 5) is 36.4. The Morgan fingerprint density at radius 2 is 1.50 bits per heavy atom. The largest absolute Gasteiger partial charge is 0.481 e. The molecule has 0 saturated carbocycles. The van der Waals surface area contributed by atoms with Gasteiger partial charge in [0.1, 0.15) is 11.5 Å². The molecule has 1 atom stereocenters. The average molecular weight is 453 g/mol. The Morgan fingerprint density at radius 1 is 0.844 bits per heavy atom. The molecule has 0 radical (unpaired) electrons. The van der Waals surface area contributed by atoms with Gasteiger partial charge >= 0.3 is 5.97 Å². The van der Waals surface area contributed by atoms with E-state index in [1.54, 1.807) is 73.7 Å². The van der Waals surface area contributed by atoms with Crippen molar-refractivity contribution in [1.82, 2.24) is 0 Å². The number of ether oxygens (including phenoxy) is 2. The van der Waals surface area contributed by atoms with Gasteiger partial charge in [-0.05, 0) is 61.5 Å². The zero-order valence-electron chi connectivity index (χ0n) is 17.4. The topological polar surface area (TPSA) is 93.7 Å². The van der Waals surface area contributed by atoms with Gasteiger partial charge in [-0.1, -0.05) is 29.8 Å². The summed E-state index contributed by atoms with van der Waals surface area (Å²) < 4.78 is 10.7. The van der Waals surface area contributed by atoms with Crippen molar-refractivity contribution >= 4 is 40.8 Å². The maximum absolute atomic E-state index is 12.7. The number of carbonyl (C=O) groups is 3. The minimum Gasteiger partial charge on any atom is -0.481 e. The molecule has 2 N–H and O–H groups in total. The first kappa shape index (κ1) is 22.8. The summed E-state index contributed by atoms with van der Waals surface area (Å²) in [6.07, 6.45) is -0.791. The predicted molar refractivity (Wildman–Crippen MR) is 122 cm³/mol. The molecule has 1 unspecified atom stereocenters. The summed E-state index contributed by atoms with van der Waals surface area (Å²) in [6, 6.07) is 19.7. The molecule has 0 spiro atoms. The molecule has 3 aromatic rings. The molecule has 32 heavy (non-hydrogen) atoms. The van der Waals surface area contributed by atoms with E-state index in [0.717, 1.165) is 0 Å². The van der Waals surface area contributed by atoms with Gasteiger partial charge in [0.05, 0.1) is 11.4 Å². The smallest absolute Gasteiger partial charge is 0.308 e. The van der Waals surface area contributed by atoms with E-state index in [4.69, 9.17) is 21.1 Å². The molecule has 0 saturated heterocycles. The summed E-state index contributed by atoms with van der Waals surface area (Å²) in [5.74, 6) is -0.526. The number of carbonyl (C=O) groups excluding carboxylic acids is 3. The van der Waals surface area contributed by atoms with Gasteiger partial charge in [0.25, 0.3) is 11.8 Å². The van der Waals surface area contributed by atoms with Crippen LogP contribution < -0.4 is 20.1 Å². The minimum absolute atomic E-state index is 0.264. The minimum atomic E-state index is -0.791. The Kier molecular flexibility index (Phi) is 7.46. The zero-order valence-corrected chi connectivity index (χ0v) is 18.2. The Bertz CT molecular complexity index is 1130. The van der Waals surface area contributed by atoms with Crippen LogP contribution in [0.15, 0.2) is 72.8 Å². The second-order valence-corrected chi connectivity index (χ2v) is 7.26. The molecular weight excluding hydrogens is 432 g/mol. The molecule has 0 aliphatic rings. The summed E-state index contributed by atoms with van der Waals surface area (Å²) in [5.41, 5.74) is 1.11. The van der Waals surface area contributed by atoms with E-state index in [0.29, 0.717) is 27.7 Å². The number of amides is 2. The highest BCUT2D eigenvalue weighted by Gasteiger charge is 2.17. The fourth-order valence-corrected chi connectivity index (χ4v) is 2.89. The fraction of sp³-hybridized carbons (Fsp3) is 0.125. The number of rotatable bonds is 7. The lowest BCUT2D eigenvalue weighted by molar-refractivity contribution is -0.131. The van der Waals surface area contributed by atoms with Gasteiger partial charge in [0, 0.05) is 17.5 Å². The average Bonchev–Trinajstić information content (AvgIpc) is 2.76. The van der Waals surface area contributed by atoms with Crippen LogP contribution in [0.25, 0.3) is 0 Å². The van der Waals surface area contributed by atoms with E-state index in [-0.39, 0.29) is 5.75 Å². The number of anilines is 2. The maximum Gasteiger partial charge on any atom is 0.308 e. The van der Waals surface area contributed by atoms with Gasteiger partial charge in [-0.15, -0.1) is 0 Å². The lowest BCUT2D eigenvalue weighted by atomic mass is 10.2. The first-order valence-electron chi connectivity index (χ1n) is 9.74. The third-order valence-corrected chi connectivity index (χ3v) is 4.54. The number of nitrogens with one attached hydrogen (secondary N) is 2. The van der Waals surface area contributed by atoms with Crippen LogP contribution in [-0.2, 0) is 9.59 Å². The van der Waals surface area contributed by atoms with Crippen LogP contribution in [0, 0.1) is 0 Å². The third kappa shape index (κ3) is 6.33. The Balaban J connectivity index is 1.69. The van der Waals surface area contributed by atoms with Crippen LogP contribution in [-0.4, -0.2) is 23.9 Å². The van der Waals surface area contributed by atoms with Crippen LogP contribution in [0.4, 0.5) is 11.4 Å². The molecule has 0 aliphatic heterocycles. The van der Waals surface area contributed by atoms with Gasteiger partial charge in [0.2, 0.25) is 0 Å². The number of halogens is 1. The van der Waals surface area contributed by atoms with Gasteiger partial charge in [-0.25, -0.2) is 0 Å². The highest BCUT2D eigenvalue weighted by molar-refractivity contribution is 6.30. The normalized spacial score (nSPS) is 11.2. The summed E-state index contributed by atoms with van der Waals surface area (Å²) in [7, 11) is 0. The van der Waals surface area contributed by atoms with Crippen LogP contribution in [0.1, 0.15) is 24.2 Å². The number of benzene rings is 3. The monoisotopic (exact) mass is 452 g/mol. The van der Waals surface area contributed by atoms with Crippen LogP contribution in [0.3, 0.4) is 0 Å². The quantitative estimate of drug-likeness (QED) is 0.392. The molecule has 164 valence electrons. The van der Waals surface area contributed by atoms with Crippen molar-refractivity contribution in [2.24, 2.45) is 0 Å². The van der Waals surface area contributed by atoms with E-state index >= 15 is 0 Å². The lowest BCUT2D eigenvalue weighted by Crippen LogP contribution is -2.30.